The number of halogens is 1. The third-order valence-electron chi connectivity index (χ3n) is 1.28. The van der Waals surface area contributed by atoms with Crippen molar-refractivity contribution in [3.8, 4) is 0 Å². The molecule has 0 heterocycles. The maximum Gasteiger partial charge on any atom is 1.00 e. The van der Waals surface area contributed by atoms with Crippen LogP contribution in [0.4, 0.5) is 0 Å². The van der Waals surface area contributed by atoms with Gasteiger partial charge in [0.05, 0.1) is 6.42 Å². The summed E-state index contributed by atoms with van der Waals surface area (Å²) in [4.78, 5) is 30.3. The molecule has 0 spiro atoms. The Kier molecular flexibility index (Phi) is 27.9. The number of aliphatic hydroxyl groups is 2. The van der Waals surface area contributed by atoms with E-state index in [1.807, 2.05) is 0 Å². The summed E-state index contributed by atoms with van der Waals surface area (Å²) in [5.41, 5.74) is -2.80. The van der Waals surface area contributed by atoms with E-state index >= 15 is 0 Å². The van der Waals surface area contributed by atoms with Crippen LogP contribution in [0.3, 0.4) is 0 Å². The molecule has 0 radical (unpaired) electrons. The number of aliphatic carboxylic acids is 3. The number of aliphatic hydroxyl groups excluding tert-OH is 1. The molecule has 0 aromatic heterocycles. The summed E-state index contributed by atoms with van der Waals surface area (Å²) in [5.74, 6) is -5.34. The topological polar surface area (TPSA) is 155 Å². The van der Waals surface area contributed by atoms with Gasteiger partial charge in [-0.05, 0) is 6.92 Å². The molecule has 1 atom stereocenters. The molecule has 0 bridgehead atoms. The zero-order valence-electron chi connectivity index (χ0n) is 10.9. The quantitative estimate of drug-likeness (QED) is 0.364. The number of carboxylic acid groups (broad SMARTS) is 3. The van der Waals surface area contributed by atoms with Crippen LogP contribution in [-0.2, 0) is 14.4 Å². The van der Waals surface area contributed by atoms with Gasteiger partial charge in [0.15, 0.2) is 5.60 Å². The van der Waals surface area contributed by atoms with Gasteiger partial charge in [-0.2, -0.15) is 0 Å². The Balaban J connectivity index is -0.0000000992. The van der Waals surface area contributed by atoms with Gasteiger partial charge in [0.2, 0.25) is 0 Å². The third kappa shape index (κ3) is 18.6. The Morgan fingerprint density at radius 1 is 1.11 bits per heavy atom. The molecule has 0 aliphatic carbocycles. The first-order valence-electron chi connectivity index (χ1n) is 4.17. The first-order valence-corrected chi connectivity index (χ1v) is 4.17. The zero-order valence-corrected chi connectivity index (χ0v) is 15.7. The van der Waals surface area contributed by atoms with Crippen molar-refractivity contribution in [1.29, 1.82) is 0 Å². The predicted molar refractivity (Wildman–Crippen MR) is 47.2 cm³/mol. The molecule has 0 saturated carbocycles. The summed E-state index contributed by atoms with van der Waals surface area (Å²) in [6, 6.07) is 0. The predicted octanol–water partition coefficient (Wildman–Crippen LogP) is -11.6. The molecule has 0 saturated heterocycles. The molecule has 4 N–H and O–H groups in total. The maximum absolute atomic E-state index is 10.3. The van der Waals surface area contributed by atoms with E-state index < -0.39 is 36.4 Å². The van der Waals surface area contributed by atoms with Crippen LogP contribution in [0, 0.1) is 0 Å². The van der Waals surface area contributed by atoms with E-state index in [4.69, 9.17) is 20.4 Å². The minimum Gasteiger partial charge on any atom is -1.00 e. The standard InChI is InChI=1S/C6H8O7.C2H6O.ClH.2Na/c7-3(8)1-6(13,5(11)12)2-4(9)10;1-2-3;;;/h13H,1-2H2,(H,7,8)(H,9,10)(H,11,12);3H,2H2,1H3;1H;;/q;;;2*+1/p-2. The molecule has 0 aromatic rings. The van der Waals surface area contributed by atoms with E-state index in [2.05, 4.69) is 0 Å². The molecule has 11 heteroatoms. The van der Waals surface area contributed by atoms with Crippen molar-refractivity contribution in [1.82, 2.24) is 0 Å². The second-order valence-electron chi connectivity index (χ2n) is 2.77. The summed E-state index contributed by atoms with van der Waals surface area (Å²) >= 11 is 0. The van der Waals surface area contributed by atoms with Gasteiger partial charge in [-0.25, -0.2) is 4.79 Å². The molecule has 0 aliphatic rings. The average molecular weight is 319 g/mol. The van der Waals surface area contributed by atoms with Gasteiger partial charge in [0, 0.05) is 19.0 Å². The molecule has 19 heavy (non-hydrogen) atoms. The number of carbonyl (C=O) groups excluding carboxylic acids is 1. The van der Waals surface area contributed by atoms with Crippen LogP contribution in [0.15, 0.2) is 0 Å². The largest absolute Gasteiger partial charge is 1.00 e. The number of hydrogen-bond donors (Lipinski definition) is 4. The van der Waals surface area contributed by atoms with Crippen LogP contribution in [0.2, 0.25) is 0 Å². The monoisotopic (exact) mass is 318 g/mol. The Bertz CT molecular complexity index is 257. The van der Waals surface area contributed by atoms with Gasteiger partial charge >= 0.3 is 71.1 Å². The van der Waals surface area contributed by atoms with Crippen molar-refractivity contribution < 1.29 is 111 Å². The molecule has 0 rings (SSSR count). The first-order chi connectivity index (χ1) is 7.19. The van der Waals surface area contributed by atoms with Crippen LogP contribution >= 0.6 is 0 Å². The molecule has 0 aromatic carbocycles. The van der Waals surface area contributed by atoms with Crippen molar-refractivity contribution in [3.63, 3.8) is 0 Å². The van der Waals surface area contributed by atoms with Crippen LogP contribution in [0.25, 0.3) is 0 Å². The Hall–Kier alpha value is 0.620. The second-order valence-corrected chi connectivity index (χ2v) is 2.77. The molecular formula is C8H13ClNa2O8. The van der Waals surface area contributed by atoms with Gasteiger partial charge in [-0.15, -0.1) is 0 Å². The minimum atomic E-state index is -2.80. The van der Waals surface area contributed by atoms with Crippen molar-refractivity contribution in [2.24, 2.45) is 0 Å². The summed E-state index contributed by atoms with van der Waals surface area (Å²) < 4.78 is 0. The van der Waals surface area contributed by atoms with Gasteiger partial charge in [0.1, 0.15) is 0 Å². The fourth-order valence-electron chi connectivity index (χ4n) is 0.703. The van der Waals surface area contributed by atoms with E-state index in [1.54, 1.807) is 6.92 Å². The maximum atomic E-state index is 10.3. The molecule has 0 aliphatic heterocycles. The van der Waals surface area contributed by atoms with Gasteiger partial charge in [-0.1, -0.05) is 0 Å². The number of carboxylic acids is 3. The molecule has 0 fully saturated rings. The normalized spacial score (nSPS) is 10.9. The van der Waals surface area contributed by atoms with Crippen LogP contribution in [-0.4, -0.2) is 50.5 Å². The average Bonchev–Trinajstić information content (AvgIpc) is 2.01. The SMILES string of the molecule is CCO.O=C([O-])CC(O)(CC(=O)O)C(=O)O.[Cl-].[Na+].[Na+]. The Morgan fingerprint density at radius 3 is 1.58 bits per heavy atom. The van der Waals surface area contributed by atoms with Crippen molar-refractivity contribution >= 4 is 17.9 Å². The summed E-state index contributed by atoms with van der Waals surface area (Å²) in [5, 5.41) is 43.1. The molecule has 0 amide bonds. The van der Waals surface area contributed by atoms with Gasteiger partial charge < -0.3 is 42.7 Å². The Labute approximate surface area is 160 Å². The van der Waals surface area contributed by atoms with Crippen molar-refractivity contribution in [2.45, 2.75) is 25.4 Å². The van der Waals surface area contributed by atoms with E-state index in [9.17, 15) is 19.5 Å². The zero-order chi connectivity index (χ0) is 13.4. The summed E-state index contributed by atoms with van der Waals surface area (Å²) in [7, 11) is 0. The van der Waals surface area contributed by atoms with Crippen molar-refractivity contribution in [3.05, 3.63) is 0 Å². The smallest absolute Gasteiger partial charge is 1.00 e. The summed E-state index contributed by atoms with van der Waals surface area (Å²) in [6.07, 6.45) is -2.44. The number of carbonyl (C=O) groups is 3. The van der Waals surface area contributed by atoms with Crippen LogP contribution in [0.1, 0.15) is 19.8 Å². The van der Waals surface area contributed by atoms with E-state index in [0.29, 0.717) is 0 Å². The molecule has 102 valence electrons. The minimum absolute atomic E-state index is 0. The first kappa shape index (κ1) is 31.8. The molecular weight excluding hydrogens is 306 g/mol. The van der Waals surface area contributed by atoms with Crippen molar-refractivity contribution in [2.75, 3.05) is 6.61 Å². The fraction of sp³-hybridized carbons (Fsp3) is 0.625. The Morgan fingerprint density at radius 2 is 1.42 bits per heavy atom. The summed E-state index contributed by atoms with van der Waals surface area (Å²) in [6.45, 7) is 1.93. The van der Waals surface area contributed by atoms with Gasteiger partial charge in [0.25, 0.3) is 0 Å². The second kappa shape index (κ2) is 16.7. The van der Waals surface area contributed by atoms with Crippen LogP contribution < -0.4 is 76.6 Å². The van der Waals surface area contributed by atoms with E-state index in [0.717, 1.165) is 0 Å². The number of rotatable bonds is 5. The molecule has 1 unspecified atom stereocenters. The molecule has 8 nitrogen and oxygen atoms in total. The van der Waals surface area contributed by atoms with Crippen LogP contribution in [0.5, 0.6) is 0 Å². The van der Waals surface area contributed by atoms with E-state index in [1.165, 1.54) is 0 Å². The number of hydrogen-bond acceptors (Lipinski definition) is 6. The van der Waals surface area contributed by atoms with E-state index in [-0.39, 0.29) is 78.1 Å². The third-order valence-corrected chi connectivity index (χ3v) is 1.28. The van der Waals surface area contributed by atoms with Gasteiger partial charge in [-0.3, -0.25) is 4.79 Å². The fourth-order valence-corrected chi connectivity index (χ4v) is 0.703.